The van der Waals surface area contributed by atoms with E-state index in [1.165, 1.54) is 0 Å². The number of hydrogen-bond acceptors (Lipinski definition) is 0. The lowest BCUT2D eigenvalue weighted by Crippen LogP contribution is -1.77. The van der Waals surface area contributed by atoms with Crippen molar-refractivity contribution in [1.29, 1.82) is 0 Å². The highest BCUT2D eigenvalue weighted by Gasteiger charge is 2.08. The fraction of sp³-hybridized carbons (Fsp3) is 0. The standard InChI is InChI=1S/C16H17N/c1-5-9-11-13-14(12-10-6-2)16(8-4)17-15(13)7-3/h5-12,17H,1-4H2/b11-9-,12-10-. The molecule has 1 aromatic heterocycles. The smallest absolute Gasteiger partial charge is 0.0458 e. The van der Waals surface area contributed by atoms with E-state index in [-0.39, 0.29) is 0 Å². The van der Waals surface area contributed by atoms with Gasteiger partial charge in [-0.2, -0.15) is 0 Å². The van der Waals surface area contributed by atoms with Crippen molar-refractivity contribution >= 4 is 24.3 Å². The third kappa shape index (κ3) is 2.85. The minimum Gasteiger partial charge on any atom is -0.355 e. The van der Waals surface area contributed by atoms with Crippen molar-refractivity contribution in [2.45, 2.75) is 0 Å². The number of H-pyrrole nitrogens is 1. The van der Waals surface area contributed by atoms with E-state index in [0.29, 0.717) is 0 Å². The van der Waals surface area contributed by atoms with Crippen molar-refractivity contribution in [3.8, 4) is 0 Å². The summed E-state index contributed by atoms with van der Waals surface area (Å²) in [6.45, 7) is 14.9. The quantitative estimate of drug-likeness (QED) is 0.673. The number of hydrogen-bond donors (Lipinski definition) is 1. The summed E-state index contributed by atoms with van der Waals surface area (Å²) in [7, 11) is 0. The second-order valence-electron chi connectivity index (χ2n) is 3.38. The van der Waals surface area contributed by atoms with Gasteiger partial charge in [-0.15, -0.1) is 0 Å². The molecule has 0 radical (unpaired) electrons. The minimum atomic E-state index is 0.974. The van der Waals surface area contributed by atoms with Gasteiger partial charge in [-0.05, 0) is 12.2 Å². The summed E-state index contributed by atoms with van der Waals surface area (Å²) in [5, 5.41) is 0. The molecule has 0 aliphatic heterocycles. The lowest BCUT2D eigenvalue weighted by atomic mass is 10.1. The molecule has 0 saturated carbocycles. The third-order valence-electron chi connectivity index (χ3n) is 2.35. The molecular weight excluding hydrogens is 206 g/mol. The summed E-state index contributed by atoms with van der Waals surface area (Å²) >= 11 is 0. The van der Waals surface area contributed by atoms with Crippen molar-refractivity contribution < 1.29 is 0 Å². The topological polar surface area (TPSA) is 15.8 Å². The highest BCUT2D eigenvalue weighted by Crippen LogP contribution is 2.24. The molecule has 0 spiro atoms. The van der Waals surface area contributed by atoms with Gasteiger partial charge < -0.3 is 4.98 Å². The van der Waals surface area contributed by atoms with Gasteiger partial charge in [-0.1, -0.05) is 62.8 Å². The summed E-state index contributed by atoms with van der Waals surface area (Å²) in [5.74, 6) is 0. The summed E-state index contributed by atoms with van der Waals surface area (Å²) in [6, 6.07) is 0. The Kier molecular flexibility index (Phi) is 4.77. The fourth-order valence-corrected chi connectivity index (χ4v) is 1.58. The fourth-order valence-electron chi connectivity index (χ4n) is 1.58. The minimum absolute atomic E-state index is 0.974. The van der Waals surface area contributed by atoms with Gasteiger partial charge in [0, 0.05) is 22.5 Å². The molecule has 0 aromatic carbocycles. The van der Waals surface area contributed by atoms with Gasteiger partial charge >= 0.3 is 0 Å². The maximum Gasteiger partial charge on any atom is 0.0458 e. The average Bonchev–Trinajstić information content (AvgIpc) is 2.70. The van der Waals surface area contributed by atoms with Crippen molar-refractivity contribution in [2.75, 3.05) is 0 Å². The molecule has 0 atom stereocenters. The number of allylic oxidation sites excluding steroid dienone is 4. The van der Waals surface area contributed by atoms with Gasteiger partial charge in [0.1, 0.15) is 0 Å². The van der Waals surface area contributed by atoms with Crippen LogP contribution in [0.15, 0.2) is 50.6 Å². The first-order valence-electron chi connectivity index (χ1n) is 5.37. The molecule has 0 saturated heterocycles. The second-order valence-corrected chi connectivity index (χ2v) is 3.38. The molecule has 1 nitrogen and oxygen atoms in total. The van der Waals surface area contributed by atoms with E-state index in [2.05, 4.69) is 31.3 Å². The Balaban J connectivity index is 3.43. The Morgan fingerprint density at radius 1 is 0.706 bits per heavy atom. The third-order valence-corrected chi connectivity index (χ3v) is 2.35. The van der Waals surface area contributed by atoms with E-state index in [1.54, 1.807) is 24.3 Å². The lowest BCUT2D eigenvalue weighted by molar-refractivity contribution is 1.34. The van der Waals surface area contributed by atoms with Gasteiger partial charge in [0.2, 0.25) is 0 Å². The maximum atomic E-state index is 3.80. The molecular formula is C16H17N. The van der Waals surface area contributed by atoms with Crippen LogP contribution in [0, 0.1) is 0 Å². The van der Waals surface area contributed by atoms with Crippen molar-refractivity contribution in [3.05, 3.63) is 73.1 Å². The molecule has 0 fully saturated rings. The summed E-state index contributed by atoms with van der Waals surface area (Å²) in [4.78, 5) is 3.26. The molecule has 1 rings (SSSR count). The van der Waals surface area contributed by atoms with E-state index in [9.17, 15) is 0 Å². The van der Waals surface area contributed by atoms with Gasteiger partial charge in [-0.25, -0.2) is 0 Å². The monoisotopic (exact) mass is 223 g/mol. The van der Waals surface area contributed by atoms with E-state index < -0.39 is 0 Å². The second kappa shape index (κ2) is 6.33. The summed E-state index contributed by atoms with van der Waals surface area (Å²) in [5.41, 5.74) is 4.10. The van der Waals surface area contributed by atoms with Crippen LogP contribution in [-0.2, 0) is 0 Å². The molecule has 1 N–H and O–H groups in total. The van der Waals surface area contributed by atoms with Crippen molar-refractivity contribution in [1.82, 2.24) is 4.98 Å². The molecule has 1 heterocycles. The highest BCUT2D eigenvalue weighted by atomic mass is 14.7. The number of nitrogens with one attached hydrogen (secondary N) is 1. The first-order chi connectivity index (χ1) is 8.28. The number of aromatic nitrogens is 1. The summed E-state index contributed by atoms with van der Waals surface area (Å²) in [6.07, 6.45) is 14.9. The molecule has 1 aromatic rings. The Hall–Kier alpha value is -2.28. The normalized spacial score (nSPS) is 10.8. The average molecular weight is 223 g/mol. The van der Waals surface area contributed by atoms with Crippen LogP contribution < -0.4 is 0 Å². The first-order valence-corrected chi connectivity index (χ1v) is 5.37. The first kappa shape index (κ1) is 12.8. The molecule has 0 unspecified atom stereocenters. The van der Waals surface area contributed by atoms with Crippen LogP contribution in [0.2, 0.25) is 0 Å². The lowest BCUT2D eigenvalue weighted by Gasteiger charge is -1.95. The van der Waals surface area contributed by atoms with Crippen LogP contribution in [0.1, 0.15) is 22.5 Å². The maximum absolute atomic E-state index is 3.80. The Morgan fingerprint density at radius 3 is 1.41 bits per heavy atom. The summed E-state index contributed by atoms with van der Waals surface area (Å²) < 4.78 is 0. The predicted molar refractivity (Wildman–Crippen MR) is 79.4 cm³/mol. The molecule has 0 bridgehead atoms. The van der Waals surface area contributed by atoms with Crippen LogP contribution in [0.5, 0.6) is 0 Å². The Bertz CT molecular complexity index is 451. The van der Waals surface area contributed by atoms with E-state index >= 15 is 0 Å². The van der Waals surface area contributed by atoms with Gasteiger partial charge in [0.15, 0.2) is 0 Å². The number of aromatic amines is 1. The van der Waals surface area contributed by atoms with E-state index in [1.807, 2.05) is 24.3 Å². The van der Waals surface area contributed by atoms with Crippen LogP contribution >= 0.6 is 0 Å². The van der Waals surface area contributed by atoms with Crippen LogP contribution in [0.4, 0.5) is 0 Å². The molecule has 17 heavy (non-hydrogen) atoms. The molecule has 0 amide bonds. The van der Waals surface area contributed by atoms with Crippen molar-refractivity contribution in [2.24, 2.45) is 0 Å². The highest BCUT2D eigenvalue weighted by molar-refractivity contribution is 5.78. The van der Waals surface area contributed by atoms with Crippen LogP contribution in [-0.4, -0.2) is 4.98 Å². The Morgan fingerprint density at radius 2 is 1.12 bits per heavy atom. The van der Waals surface area contributed by atoms with Crippen LogP contribution in [0.3, 0.4) is 0 Å². The van der Waals surface area contributed by atoms with Gasteiger partial charge in [0.05, 0.1) is 0 Å². The molecule has 86 valence electrons. The molecule has 0 aliphatic carbocycles. The van der Waals surface area contributed by atoms with Crippen molar-refractivity contribution in [3.63, 3.8) is 0 Å². The van der Waals surface area contributed by atoms with E-state index in [0.717, 1.165) is 22.5 Å². The largest absolute Gasteiger partial charge is 0.355 e. The van der Waals surface area contributed by atoms with Crippen LogP contribution in [0.25, 0.3) is 24.3 Å². The Labute approximate surface area is 103 Å². The molecule has 0 aliphatic rings. The van der Waals surface area contributed by atoms with Gasteiger partial charge in [-0.3, -0.25) is 0 Å². The zero-order chi connectivity index (χ0) is 12.7. The zero-order valence-electron chi connectivity index (χ0n) is 9.95. The predicted octanol–water partition coefficient (Wildman–Crippen LogP) is 4.70. The number of rotatable bonds is 6. The SMILES string of the molecule is C=C/C=C\c1c(C=C)[nH]c(C=C)c1/C=C\C=C. The van der Waals surface area contributed by atoms with Gasteiger partial charge in [0.25, 0.3) is 0 Å². The molecule has 1 heteroatoms. The van der Waals surface area contributed by atoms with E-state index in [4.69, 9.17) is 0 Å². The zero-order valence-corrected chi connectivity index (χ0v) is 9.95.